The Hall–Kier alpha value is -1.12. The van der Waals surface area contributed by atoms with Crippen molar-refractivity contribution in [3.8, 4) is 0 Å². The second-order valence-electron chi connectivity index (χ2n) is 3.97. The van der Waals surface area contributed by atoms with Crippen LogP contribution in [-0.4, -0.2) is 15.1 Å². The first-order valence-electron chi connectivity index (χ1n) is 5.27. The van der Waals surface area contributed by atoms with E-state index in [-0.39, 0.29) is 5.69 Å². The minimum Gasteiger partial charge on any atom is -0.384 e. The van der Waals surface area contributed by atoms with Crippen molar-refractivity contribution >= 4 is 45.0 Å². The number of imidazole rings is 1. The maximum absolute atomic E-state index is 11.2. The largest absolute Gasteiger partial charge is 0.384 e. The van der Waals surface area contributed by atoms with E-state index in [1.807, 2.05) is 17.5 Å². The smallest absolute Gasteiger partial charge is 0.323 e. The third-order valence-electron chi connectivity index (χ3n) is 2.76. The van der Waals surface area contributed by atoms with E-state index in [0.717, 1.165) is 19.5 Å². The van der Waals surface area contributed by atoms with E-state index < -0.39 is 6.10 Å². The quantitative estimate of drug-likeness (QED) is 0.606. The van der Waals surface area contributed by atoms with Gasteiger partial charge >= 0.3 is 5.69 Å². The average Bonchev–Trinajstić information content (AvgIpc) is 2.92. The first-order chi connectivity index (χ1) is 8.63. The van der Waals surface area contributed by atoms with Gasteiger partial charge in [-0.1, -0.05) is 6.07 Å². The Morgan fingerprint density at radius 3 is 2.67 bits per heavy atom. The molecule has 2 heterocycles. The van der Waals surface area contributed by atoms with E-state index in [9.17, 15) is 9.90 Å². The van der Waals surface area contributed by atoms with Gasteiger partial charge in [0.2, 0.25) is 0 Å². The first kappa shape index (κ1) is 11.9. The number of H-pyrrole nitrogens is 2. The van der Waals surface area contributed by atoms with Gasteiger partial charge in [-0.2, -0.15) is 0 Å². The van der Waals surface area contributed by atoms with E-state index in [1.54, 1.807) is 23.5 Å². The number of aromatic nitrogens is 2. The number of hydrogen-bond donors (Lipinski definition) is 3. The van der Waals surface area contributed by atoms with Crippen LogP contribution in [0.3, 0.4) is 0 Å². The number of aromatic amines is 2. The Kier molecular flexibility index (Phi) is 3.00. The molecule has 0 fully saturated rings. The molecule has 1 atom stereocenters. The summed E-state index contributed by atoms with van der Waals surface area (Å²) in [5, 5.41) is 12.2. The lowest BCUT2D eigenvalue weighted by atomic mass is 10.0. The highest BCUT2D eigenvalue weighted by Gasteiger charge is 2.13. The minimum absolute atomic E-state index is 0.235. The van der Waals surface area contributed by atoms with Crippen molar-refractivity contribution in [2.45, 2.75) is 6.10 Å². The highest BCUT2D eigenvalue weighted by atomic mass is 127. The number of rotatable bonds is 2. The zero-order valence-corrected chi connectivity index (χ0v) is 12.1. The summed E-state index contributed by atoms with van der Waals surface area (Å²) in [5.74, 6) is 0. The summed E-state index contributed by atoms with van der Waals surface area (Å²) < 4.78 is 1.14. The van der Waals surface area contributed by atoms with Crippen LogP contribution in [0.2, 0.25) is 0 Å². The molecule has 0 radical (unpaired) electrons. The van der Waals surface area contributed by atoms with Gasteiger partial charge in [0.1, 0.15) is 6.10 Å². The van der Waals surface area contributed by atoms with Gasteiger partial charge in [0, 0.05) is 0 Å². The van der Waals surface area contributed by atoms with Crippen LogP contribution in [0.25, 0.3) is 11.0 Å². The summed E-state index contributed by atoms with van der Waals surface area (Å²) in [6, 6.07) is 7.37. The van der Waals surface area contributed by atoms with E-state index in [0.29, 0.717) is 5.52 Å². The Balaban J connectivity index is 2.05. The van der Waals surface area contributed by atoms with Gasteiger partial charge in [0.15, 0.2) is 0 Å². The Bertz CT molecular complexity index is 759. The lowest BCUT2D eigenvalue weighted by Crippen LogP contribution is -1.99. The number of fused-ring (bicyclic) bond motifs is 1. The molecule has 3 N–H and O–H groups in total. The number of nitrogens with one attached hydrogen (secondary N) is 2. The molecule has 0 amide bonds. The molecule has 0 spiro atoms. The minimum atomic E-state index is -0.660. The molecule has 4 nitrogen and oxygen atoms in total. The maximum atomic E-state index is 11.2. The molecular formula is C12H9IN2O2S. The fourth-order valence-electron chi connectivity index (χ4n) is 1.88. The van der Waals surface area contributed by atoms with Gasteiger partial charge in [0.05, 0.1) is 13.9 Å². The lowest BCUT2D eigenvalue weighted by molar-refractivity contribution is 0.221. The lowest BCUT2D eigenvalue weighted by Gasteiger charge is -2.08. The van der Waals surface area contributed by atoms with Crippen LogP contribution in [0.5, 0.6) is 0 Å². The van der Waals surface area contributed by atoms with Crippen LogP contribution in [0, 0.1) is 2.88 Å². The van der Waals surface area contributed by atoms with E-state index in [2.05, 4.69) is 32.6 Å². The predicted molar refractivity (Wildman–Crippen MR) is 80.0 cm³/mol. The Morgan fingerprint density at radius 2 is 1.94 bits per heavy atom. The predicted octanol–water partition coefficient (Wildman–Crippen LogP) is 2.60. The summed E-state index contributed by atoms with van der Waals surface area (Å²) in [6.07, 6.45) is -0.660. The zero-order valence-electron chi connectivity index (χ0n) is 9.11. The van der Waals surface area contributed by atoms with Crippen molar-refractivity contribution in [1.29, 1.82) is 0 Å². The number of aliphatic hydroxyl groups excluding tert-OH is 1. The molecular weight excluding hydrogens is 363 g/mol. The third kappa shape index (κ3) is 2.11. The van der Waals surface area contributed by atoms with Crippen LogP contribution in [0.15, 0.2) is 34.4 Å². The van der Waals surface area contributed by atoms with Crippen LogP contribution in [0.4, 0.5) is 0 Å². The number of benzene rings is 1. The molecule has 0 bridgehead atoms. The van der Waals surface area contributed by atoms with Crippen LogP contribution in [-0.2, 0) is 0 Å². The van der Waals surface area contributed by atoms with Crippen molar-refractivity contribution < 1.29 is 5.11 Å². The fourth-order valence-corrected chi connectivity index (χ4v) is 3.27. The average molecular weight is 372 g/mol. The Morgan fingerprint density at radius 1 is 1.17 bits per heavy atom. The van der Waals surface area contributed by atoms with E-state index >= 15 is 0 Å². The van der Waals surface area contributed by atoms with Crippen LogP contribution in [0.1, 0.15) is 17.2 Å². The summed E-state index contributed by atoms with van der Waals surface area (Å²) in [4.78, 5) is 16.5. The van der Waals surface area contributed by atoms with Crippen molar-refractivity contribution in [2.24, 2.45) is 0 Å². The van der Waals surface area contributed by atoms with Crippen LogP contribution >= 0.6 is 33.9 Å². The summed E-state index contributed by atoms with van der Waals surface area (Å²) in [5.41, 5.74) is 2.87. The van der Waals surface area contributed by atoms with Gasteiger partial charge in [-0.05, 0) is 57.3 Å². The second-order valence-corrected chi connectivity index (χ2v) is 6.78. The monoisotopic (exact) mass is 372 g/mol. The molecule has 0 saturated heterocycles. The van der Waals surface area contributed by atoms with Gasteiger partial charge in [-0.25, -0.2) is 4.79 Å². The molecule has 6 heteroatoms. The summed E-state index contributed by atoms with van der Waals surface area (Å²) in [6.45, 7) is 0. The highest BCUT2D eigenvalue weighted by Crippen LogP contribution is 2.28. The summed E-state index contributed by atoms with van der Waals surface area (Å²) >= 11 is 3.82. The molecule has 3 rings (SSSR count). The number of aliphatic hydroxyl groups is 1. The van der Waals surface area contributed by atoms with Crippen molar-refractivity contribution in [3.05, 3.63) is 54.1 Å². The number of halogens is 1. The fraction of sp³-hybridized carbons (Fsp3) is 0.0833. The molecule has 0 saturated carbocycles. The SMILES string of the molecule is O=c1[nH]c2ccc(C(O)c3csc(I)c3)cc2[nH]1. The zero-order chi connectivity index (χ0) is 12.7. The molecule has 2 aromatic heterocycles. The normalized spacial score (nSPS) is 13.0. The standard InChI is InChI=1S/C12H9IN2O2S/c13-10-4-7(5-18-10)11(16)6-1-2-8-9(3-6)15-12(17)14-8/h1-5,11,16H,(H2,14,15,17). The van der Waals surface area contributed by atoms with Gasteiger partial charge in [-0.15, -0.1) is 11.3 Å². The molecule has 0 aliphatic carbocycles. The van der Waals surface area contributed by atoms with Gasteiger partial charge < -0.3 is 15.1 Å². The molecule has 0 aliphatic heterocycles. The van der Waals surface area contributed by atoms with Crippen molar-refractivity contribution in [1.82, 2.24) is 9.97 Å². The Labute approximate surface area is 120 Å². The number of hydrogen-bond acceptors (Lipinski definition) is 3. The van der Waals surface area contributed by atoms with Crippen molar-refractivity contribution in [3.63, 3.8) is 0 Å². The molecule has 18 heavy (non-hydrogen) atoms. The van der Waals surface area contributed by atoms with Gasteiger partial charge in [-0.3, -0.25) is 0 Å². The molecule has 92 valence electrons. The second kappa shape index (κ2) is 4.52. The van der Waals surface area contributed by atoms with E-state index in [4.69, 9.17) is 0 Å². The van der Waals surface area contributed by atoms with E-state index in [1.165, 1.54) is 0 Å². The highest BCUT2D eigenvalue weighted by molar-refractivity contribution is 14.1. The molecule has 1 unspecified atom stereocenters. The molecule has 1 aromatic carbocycles. The van der Waals surface area contributed by atoms with Crippen molar-refractivity contribution in [2.75, 3.05) is 0 Å². The van der Waals surface area contributed by atoms with Gasteiger partial charge in [0.25, 0.3) is 0 Å². The molecule has 3 aromatic rings. The maximum Gasteiger partial charge on any atom is 0.323 e. The third-order valence-corrected chi connectivity index (χ3v) is 4.57. The topological polar surface area (TPSA) is 68.9 Å². The summed E-state index contributed by atoms with van der Waals surface area (Å²) in [7, 11) is 0. The first-order valence-corrected chi connectivity index (χ1v) is 7.23. The molecule has 0 aliphatic rings. The number of thiophene rings is 1. The van der Waals surface area contributed by atoms with Crippen LogP contribution < -0.4 is 5.69 Å².